The average Bonchev–Trinajstić information content (AvgIpc) is 2.79. The second-order valence-corrected chi connectivity index (χ2v) is 7.07. The second kappa shape index (κ2) is 11.0. The van der Waals surface area contributed by atoms with Crippen LogP contribution >= 0.6 is 0 Å². The van der Waals surface area contributed by atoms with Crippen LogP contribution < -0.4 is 0 Å². The van der Waals surface area contributed by atoms with Crippen LogP contribution in [0.25, 0.3) is 21.6 Å². The summed E-state index contributed by atoms with van der Waals surface area (Å²) in [6.07, 6.45) is 0.787. The molecule has 1 N–H and O–H groups in total. The van der Waals surface area contributed by atoms with Crippen LogP contribution in [0.5, 0.6) is 0 Å². The van der Waals surface area contributed by atoms with E-state index < -0.39 is 0 Å². The van der Waals surface area contributed by atoms with E-state index in [2.05, 4.69) is 63.5 Å². The van der Waals surface area contributed by atoms with E-state index in [4.69, 9.17) is 5.53 Å². The SMILES string of the molecule is [N-]=[N+]=NCN(CCC(CO)c1ccc(-c2ccccc2)cc1)Cc1ccccc1. The van der Waals surface area contributed by atoms with Gasteiger partial charge >= 0.3 is 0 Å². The predicted octanol–water partition coefficient (Wildman–Crippen LogP) is 5.59. The van der Waals surface area contributed by atoms with E-state index in [9.17, 15) is 5.11 Å². The first kappa shape index (κ1) is 20.6. The van der Waals surface area contributed by atoms with Gasteiger partial charge in [0, 0.05) is 24.0 Å². The van der Waals surface area contributed by atoms with Gasteiger partial charge in [0.15, 0.2) is 0 Å². The topological polar surface area (TPSA) is 72.2 Å². The molecule has 3 aromatic rings. The molecular weight excluding hydrogens is 360 g/mol. The molecule has 0 bridgehead atoms. The van der Waals surface area contributed by atoms with E-state index in [1.165, 1.54) is 16.7 Å². The van der Waals surface area contributed by atoms with Gasteiger partial charge in [0.2, 0.25) is 0 Å². The Morgan fingerprint density at radius 2 is 1.48 bits per heavy atom. The van der Waals surface area contributed by atoms with Crippen molar-refractivity contribution in [3.8, 4) is 11.1 Å². The summed E-state index contributed by atoms with van der Waals surface area (Å²) >= 11 is 0. The largest absolute Gasteiger partial charge is 0.396 e. The molecule has 0 heterocycles. The molecule has 0 radical (unpaired) electrons. The quantitative estimate of drug-likeness (QED) is 0.280. The summed E-state index contributed by atoms with van der Waals surface area (Å²) in [6, 6.07) is 28.8. The molecule has 5 heteroatoms. The summed E-state index contributed by atoms with van der Waals surface area (Å²) in [6.45, 7) is 1.85. The van der Waals surface area contributed by atoms with Crippen molar-refractivity contribution in [2.75, 3.05) is 19.8 Å². The van der Waals surface area contributed by atoms with Crippen molar-refractivity contribution in [2.24, 2.45) is 5.11 Å². The molecule has 0 amide bonds. The molecular formula is C24H26N4O. The molecule has 3 rings (SSSR count). The van der Waals surface area contributed by atoms with Crippen LogP contribution in [0.2, 0.25) is 0 Å². The summed E-state index contributed by atoms with van der Waals surface area (Å²) in [5.74, 6) is 0.0455. The number of hydrogen-bond donors (Lipinski definition) is 1. The summed E-state index contributed by atoms with van der Waals surface area (Å²) in [5.41, 5.74) is 13.3. The Balaban J connectivity index is 1.65. The molecule has 5 nitrogen and oxygen atoms in total. The number of aliphatic hydroxyl groups is 1. The van der Waals surface area contributed by atoms with Gasteiger partial charge in [0.1, 0.15) is 0 Å². The number of nitrogens with zero attached hydrogens (tertiary/aromatic N) is 4. The zero-order chi connectivity index (χ0) is 20.3. The molecule has 0 spiro atoms. The molecule has 1 atom stereocenters. The predicted molar refractivity (Wildman–Crippen MR) is 117 cm³/mol. The molecule has 0 aliphatic heterocycles. The third kappa shape index (κ3) is 6.19. The minimum Gasteiger partial charge on any atom is -0.396 e. The molecule has 0 saturated heterocycles. The smallest absolute Gasteiger partial charge is 0.0776 e. The lowest BCUT2D eigenvalue weighted by atomic mass is 9.94. The van der Waals surface area contributed by atoms with Gasteiger partial charge in [-0.3, -0.25) is 4.90 Å². The zero-order valence-corrected chi connectivity index (χ0v) is 16.4. The van der Waals surface area contributed by atoms with Gasteiger partial charge in [0.05, 0.1) is 6.67 Å². The number of benzene rings is 3. The fourth-order valence-electron chi connectivity index (χ4n) is 3.44. The van der Waals surface area contributed by atoms with Gasteiger partial charge in [-0.15, -0.1) is 0 Å². The minimum absolute atomic E-state index is 0.0455. The first-order valence-electron chi connectivity index (χ1n) is 9.83. The Morgan fingerprint density at radius 3 is 2.10 bits per heavy atom. The van der Waals surface area contributed by atoms with E-state index in [0.717, 1.165) is 18.5 Å². The second-order valence-electron chi connectivity index (χ2n) is 7.07. The van der Waals surface area contributed by atoms with Crippen LogP contribution in [0.3, 0.4) is 0 Å². The van der Waals surface area contributed by atoms with Crippen LogP contribution in [-0.2, 0) is 6.54 Å². The molecule has 29 heavy (non-hydrogen) atoms. The van der Waals surface area contributed by atoms with E-state index >= 15 is 0 Å². The van der Waals surface area contributed by atoms with Crippen molar-refractivity contribution in [3.05, 3.63) is 106 Å². The normalized spacial score (nSPS) is 11.8. The van der Waals surface area contributed by atoms with Gasteiger partial charge in [-0.1, -0.05) is 90.0 Å². The minimum atomic E-state index is 0.0455. The van der Waals surface area contributed by atoms with Crippen molar-refractivity contribution >= 4 is 0 Å². The molecule has 0 aliphatic carbocycles. The summed E-state index contributed by atoms with van der Waals surface area (Å²) in [7, 11) is 0. The standard InChI is InChI=1S/C24H26N4O/c25-27-26-19-28(17-20-7-3-1-4-8-20)16-15-24(18-29)23-13-11-22(12-14-23)21-9-5-2-6-10-21/h1-14,24,29H,15-19H2. The third-order valence-electron chi connectivity index (χ3n) is 5.08. The Bertz CT molecular complexity index is 907. The summed E-state index contributed by atoms with van der Waals surface area (Å²) in [4.78, 5) is 5.00. The van der Waals surface area contributed by atoms with E-state index in [1.54, 1.807) is 0 Å². The van der Waals surface area contributed by atoms with Gasteiger partial charge in [-0.25, -0.2) is 0 Å². The highest BCUT2D eigenvalue weighted by Crippen LogP contribution is 2.25. The van der Waals surface area contributed by atoms with Crippen LogP contribution in [0.15, 0.2) is 90.0 Å². The molecule has 0 aliphatic rings. The van der Waals surface area contributed by atoms with Gasteiger partial charge in [-0.05, 0) is 40.8 Å². The maximum absolute atomic E-state index is 9.94. The lowest BCUT2D eigenvalue weighted by Crippen LogP contribution is -2.26. The van der Waals surface area contributed by atoms with E-state index in [-0.39, 0.29) is 12.5 Å². The molecule has 0 aromatic heterocycles. The fraction of sp³-hybridized carbons (Fsp3) is 0.250. The third-order valence-corrected chi connectivity index (χ3v) is 5.08. The van der Waals surface area contributed by atoms with E-state index in [0.29, 0.717) is 13.2 Å². The maximum Gasteiger partial charge on any atom is 0.0776 e. The van der Waals surface area contributed by atoms with Gasteiger partial charge < -0.3 is 5.11 Å². The Hall–Kier alpha value is -3.11. The highest BCUT2D eigenvalue weighted by atomic mass is 16.3. The molecule has 3 aromatic carbocycles. The lowest BCUT2D eigenvalue weighted by Gasteiger charge is -2.23. The summed E-state index contributed by atoms with van der Waals surface area (Å²) < 4.78 is 0. The number of rotatable bonds is 10. The first-order valence-corrected chi connectivity index (χ1v) is 9.83. The first-order chi connectivity index (χ1) is 14.3. The maximum atomic E-state index is 9.94. The van der Waals surface area contributed by atoms with Crippen molar-refractivity contribution in [1.82, 2.24) is 4.90 Å². The van der Waals surface area contributed by atoms with Crippen molar-refractivity contribution in [3.63, 3.8) is 0 Å². The average molecular weight is 386 g/mol. The number of azide groups is 1. The monoisotopic (exact) mass is 386 g/mol. The van der Waals surface area contributed by atoms with Gasteiger partial charge in [-0.2, -0.15) is 0 Å². The highest BCUT2D eigenvalue weighted by molar-refractivity contribution is 5.63. The van der Waals surface area contributed by atoms with Crippen molar-refractivity contribution in [2.45, 2.75) is 18.9 Å². The molecule has 1 unspecified atom stereocenters. The molecule has 0 fully saturated rings. The number of aliphatic hydroxyl groups excluding tert-OH is 1. The van der Waals surface area contributed by atoms with Crippen LogP contribution in [0, 0.1) is 0 Å². The summed E-state index contributed by atoms with van der Waals surface area (Å²) in [5, 5.41) is 13.7. The van der Waals surface area contributed by atoms with Crippen molar-refractivity contribution < 1.29 is 5.11 Å². The fourth-order valence-corrected chi connectivity index (χ4v) is 3.44. The zero-order valence-electron chi connectivity index (χ0n) is 16.4. The van der Waals surface area contributed by atoms with Gasteiger partial charge in [0.25, 0.3) is 0 Å². The Labute approximate surface area is 171 Å². The molecule has 148 valence electrons. The number of hydrogen-bond acceptors (Lipinski definition) is 3. The van der Waals surface area contributed by atoms with Crippen LogP contribution in [0.4, 0.5) is 0 Å². The van der Waals surface area contributed by atoms with E-state index in [1.807, 2.05) is 36.4 Å². The van der Waals surface area contributed by atoms with Crippen LogP contribution in [0.1, 0.15) is 23.5 Å². The lowest BCUT2D eigenvalue weighted by molar-refractivity contribution is 0.221. The van der Waals surface area contributed by atoms with Crippen molar-refractivity contribution in [1.29, 1.82) is 0 Å². The van der Waals surface area contributed by atoms with Crippen LogP contribution in [-0.4, -0.2) is 29.8 Å². The molecule has 0 saturated carbocycles. The Morgan fingerprint density at radius 1 is 0.862 bits per heavy atom. The highest BCUT2D eigenvalue weighted by Gasteiger charge is 2.14. The Kier molecular flexibility index (Phi) is 7.84.